The molecule has 0 bridgehead atoms. The molecule has 0 amide bonds. The van der Waals surface area contributed by atoms with Crippen LogP contribution < -0.4 is 15.4 Å². The maximum Gasteiger partial charge on any atom is 0.225 e. The van der Waals surface area contributed by atoms with Gasteiger partial charge in [0.25, 0.3) is 0 Å². The minimum absolute atomic E-state index is 0.107. The Labute approximate surface area is 209 Å². The fraction of sp³-hybridized carbons (Fsp3) is 0.185. The molecule has 0 aliphatic rings. The van der Waals surface area contributed by atoms with Crippen molar-refractivity contribution < 1.29 is 9.15 Å². The van der Waals surface area contributed by atoms with Crippen molar-refractivity contribution in [3.63, 3.8) is 0 Å². The van der Waals surface area contributed by atoms with Crippen LogP contribution in [0.15, 0.2) is 89.9 Å². The summed E-state index contributed by atoms with van der Waals surface area (Å²) in [5.41, 5.74) is 3.42. The van der Waals surface area contributed by atoms with Gasteiger partial charge in [0.15, 0.2) is 12.2 Å². The van der Waals surface area contributed by atoms with Gasteiger partial charge < -0.3 is 19.8 Å². The van der Waals surface area contributed by atoms with Crippen molar-refractivity contribution >= 4 is 17.6 Å². The molecule has 3 aromatic heterocycles. The molecule has 0 radical (unpaired) electrons. The number of ether oxygens (including phenoxy) is 1. The zero-order valence-corrected chi connectivity index (χ0v) is 19.9. The molecule has 0 spiro atoms. The van der Waals surface area contributed by atoms with Crippen LogP contribution >= 0.6 is 0 Å². The molecule has 3 heterocycles. The van der Waals surface area contributed by atoms with E-state index in [1.165, 1.54) is 12.0 Å². The predicted molar refractivity (Wildman–Crippen MR) is 137 cm³/mol. The summed E-state index contributed by atoms with van der Waals surface area (Å²) in [5.74, 6) is 3.40. The van der Waals surface area contributed by atoms with E-state index in [1.54, 1.807) is 18.5 Å². The van der Waals surface area contributed by atoms with Gasteiger partial charge in [-0.05, 0) is 49.1 Å². The van der Waals surface area contributed by atoms with E-state index in [4.69, 9.17) is 9.15 Å². The molecule has 0 aliphatic carbocycles. The third-order valence-corrected chi connectivity index (χ3v) is 5.62. The van der Waals surface area contributed by atoms with Crippen LogP contribution in [0.25, 0.3) is 0 Å². The third kappa shape index (κ3) is 6.26. The minimum atomic E-state index is -0.107. The lowest BCUT2D eigenvalue weighted by Gasteiger charge is -2.11. The molecule has 182 valence electrons. The highest BCUT2D eigenvalue weighted by Gasteiger charge is 2.11. The molecule has 0 saturated heterocycles. The number of nitrogens with one attached hydrogen (secondary N) is 3. The molecule has 1 atom stereocenters. The monoisotopic (exact) mass is 481 g/mol. The largest absolute Gasteiger partial charge is 0.489 e. The van der Waals surface area contributed by atoms with Crippen molar-refractivity contribution in [1.82, 2.24) is 25.1 Å². The first-order valence-corrected chi connectivity index (χ1v) is 11.8. The lowest BCUT2D eigenvalue weighted by Crippen LogP contribution is -2.09. The smallest absolute Gasteiger partial charge is 0.225 e. The number of hydrogen-bond donors (Lipinski definition) is 3. The standard InChI is InChI=1S/C27H27N7O2/c1-19(24-16-28-18-36-24)30-27-29-14-13-25(32-27)31-26-15-22(33-34-26)10-7-20-8-11-23(12-9-20)35-17-21-5-3-2-4-6-21/h2-6,8-9,11-16,18-19H,7,10,17H2,1H3,(H3,29,30,31,32,33,34). The Bertz CT molecular complexity index is 1350. The molecule has 0 aliphatic heterocycles. The molecule has 9 nitrogen and oxygen atoms in total. The van der Waals surface area contributed by atoms with Crippen LogP contribution in [-0.4, -0.2) is 25.1 Å². The maximum absolute atomic E-state index is 5.87. The quantitative estimate of drug-likeness (QED) is 0.228. The van der Waals surface area contributed by atoms with E-state index in [-0.39, 0.29) is 6.04 Å². The Morgan fingerprint density at radius 1 is 0.972 bits per heavy atom. The number of aromatic nitrogens is 5. The van der Waals surface area contributed by atoms with Gasteiger partial charge in [-0.3, -0.25) is 5.10 Å². The van der Waals surface area contributed by atoms with Gasteiger partial charge in [-0.15, -0.1) is 0 Å². The summed E-state index contributed by atoms with van der Waals surface area (Å²) >= 11 is 0. The van der Waals surface area contributed by atoms with Crippen molar-refractivity contribution in [2.24, 2.45) is 0 Å². The van der Waals surface area contributed by atoms with Crippen LogP contribution in [0.3, 0.4) is 0 Å². The van der Waals surface area contributed by atoms with Crippen LogP contribution in [0, 0.1) is 0 Å². The second kappa shape index (κ2) is 11.2. The van der Waals surface area contributed by atoms with Gasteiger partial charge in [-0.25, -0.2) is 9.97 Å². The number of anilines is 3. The number of benzene rings is 2. The van der Waals surface area contributed by atoms with Gasteiger partial charge >= 0.3 is 0 Å². The molecule has 5 rings (SSSR count). The van der Waals surface area contributed by atoms with Gasteiger partial charge in [0.05, 0.1) is 12.2 Å². The Morgan fingerprint density at radius 2 is 1.83 bits per heavy atom. The highest BCUT2D eigenvalue weighted by atomic mass is 16.5. The van der Waals surface area contributed by atoms with Crippen LogP contribution in [-0.2, 0) is 19.4 Å². The van der Waals surface area contributed by atoms with Crippen LogP contribution in [0.2, 0.25) is 0 Å². The highest BCUT2D eigenvalue weighted by molar-refractivity contribution is 5.53. The average Bonchev–Trinajstić information content (AvgIpc) is 3.61. The van der Waals surface area contributed by atoms with E-state index in [1.807, 2.05) is 43.3 Å². The number of hydrogen-bond acceptors (Lipinski definition) is 8. The summed E-state index contributed by atoms with van der Waals surface area (Å²) in [6.07, 6.45) is 6.48. The summed E-state index contributed by atoms with van der Waals surface area (Å²) in [5, 5.41) is 13.9. The number of nitrogens with zero attached hydrogens (tertiary/aromatic N) is 4. The van der Waals surface area contributed by atoms with E-state index in [9.17, 15) is 0 Å². The zero-order valence-electron chi connectivity index (χ0n) is 19.9. The summed E-state index contributed by atoms with van der Waals surface area (Å²) < 4.78 is 11.2. The normalized spacial score (nSPS) is 11.7. The Balaban J connectivity index is 1.11. The summed E-state index contributed by atoms with van der Waals surface area (Å²) in [6, 6.07) is 22.1. The van der Waals surface area contributed by atoms with E-state index >= 15 is 0 Å². The molecule has 0 fully saturated rings. The Kier molecular flexibility index (Phi) is 7.17. The third-order valence-electron chi connectivity index (χ3n) is 5.62. The van der Waals surface area contributed by atoms with Gasteiger partial charge in [0.1, 0.15) is 23.9 Å². The zero-order chi connectivity index (χ0) is 24.6. The van der Waals surface area contributed by atoms with Gasteiger partial charge in [-0.2, -0.15) is 10.1 Å². The topological polar surface area (TPSA) is 114 Å². The summed E-state index contributed by atoms with van der Waals surface area (Å²) in [7, 11) is 0. The summed E-state index contributed by atoms with van der Waals surface area (Å²) in [6.45, 7) is 2.52. The van der Waals surface area contributed by atoms with E-state index in [2.05, 4.69) is 60.0 Å². The lowest BCUT2D eigenvalue weighted by molar-refractivity contribution is 0.306. The number of rotatable bonds is 11. The predicted octanol–water partition coefficient (Wildman–Crippen LogP) is 5.47. The molecule has 3 N–H and O–H groups in total. The van der Waals surface area contributed by atoms with Crippen LogP contribution in [0.1, 0.15) is 35.5 Å². The number of aromatic amines is 1. The molecular weight excluding hydrogens is 454 g/mol. The van der Waals surface area contributed by atoms with E-state index in [0.29, 0.717) is 30.0 Å². The van der Waals surface area contributed by atoms with Gasteiger partial charge in [0, 0.05) is 18.0 Å². The Morgan fingerprint density at radius 3 is 2.64 bits per heavy atom. The Hall–Kier alpha value is -4.66. The fourth-order valence-electron chi connectivity index (χ4n) is 3.66. The van der Waals surface area contributed by atoms with E-state index in [0.717, 1.165) is 29.8 Å². The molecule has 5 aromatic rings. The van der Waals surface area contributed by atoms with Crippen molar-refractivity contribution in [3.05, 3.63) is 108 Å². The van der Waals surface area contributed by atoms with Crippen molar-refractivity contribution in [2.45, 2.75) is 32.4 Å². The molecule has 36 heavy (non-hydrogen) atoms. The molecule has 1 unspecified atom stereocenters. The van der Waals surface area contributed by atoms with Gasteiger partial charge in [-0.1, -0.05) is 42.5 Å². The highest BCUT2D eigenvalue weighted by Crippen LogP contribution is 2.20. The van der Waals surface area contributed by atoms with Crippen LogP contribution in [0.4, 0.5) is 17.6 Å². The second-order valence-electron chi connectivity index (χ2n) is 8.36. The van der Waals surface area contributed by atoms with Crippen molar-refractivity contribution in [1.29, 1.82) is 0 Å². The van der Waals surface area contributed by atoms with Crippen molar-refractivity contribution in [3.8, 4) is 5.75 Å². The fourth-order valence-corrected chi connectivity index (χ4v) is 3.66. The second-order valence-corrected chi connectivity index (χ2v) is 8.36. The first-order valence-electron chi connectivity index (χ1n) is 11.8. The number of H-pyrrole nitrogens is 1. The number of oxazole rings is 1. The van der Waals surface area contributed by atoms with Gasteiger partial charge in [0.2, 0.25) is 5.95 Å². The van der Waals surface area contributed by atoms with Crippen LogP contribution in [0.5, 0.6) is 5.75 Å². The first-order chi connectivity index (χ1) is 17.7. The molecule has 0 saturated carbocycles. The maximum atomic E-state index is 5.87. The molecular formula is C27H27N7O2. The molecule has 9 heteroatoms. The SMILES string of the molecule is CC(Nc1nccc(Nc2cc(CCc3ccc(OCc4ccccc4)cc3)[nH]n2)n1)c1cnco1. The minimum Gasteiger partial charge on any atom is -0.489 e. The lowest BCUT2D eigenvalue weighted by atomic mass is 10.1. The average molecular weight is 482 g/mol. The van der Waals surface area contributed by atoms with Crippen molar-refractivity contribution in [2.75, 3.05) is 10.6 Å². The van der Waals surface area contributed by atoms with E-state index < -0.39 is 0 Å². The summed E-state index contributed by atoms with van der Waals surface area (Å²) in [4.78, 5) is 12.7. The first kappa shape index (κ1) is 23.1. The molecule has 2 aromatic carbocycles. The number of aryl methyl sites for hydroxylation is 2.